The van der Waals surface area contributed by atoms with Crippen LogP contribution in [0.2, 0.25) is 0 Å². The van der Waals surface area contributed by atoms with E-state index in [1.807, 2.05) is 0 Å². The number of nitrogens with two attached hydrogens (primary N) is 1. The topological polar surface area (TPSA) is 103 Å². The van der Waals surface area contributed by atoms with E-state index in [9.17, 15) is 4.79 Å². The number of hydrogen-bond acceptors (Lipinski definition) is 6. The number of amides is 1. The molecule has 0 radical (unpaired) electrons. The molecule has 0 saturated carbocycles. The molecule has 1 rings (SSSR count). The molecule has 13 heavy (non-hydrogen) atoms. The number of aryl methyl sites for hydroxylation is 1. The Morgan fingerprint density at radius 3 is 3.00 bits per heavy atom. The number of aromatic nitrogens is 2. The van der Waals surface area contributed by atoms with Gasteiger partial charge in [0.25, 0.3) is 0 Å². The summed E-state index contributed by atoms with van der Waals surface area (Å²) in [6.07, 6.45) is 0. The van der Waals surface area contributed by atoms with Crippen LogP contribution in [0.25, 0.3) is 0 Å². The molecule has 1 heterocycles. The van der Waals surface area contributed by atoms with E-state index in [4.69, 9.17) is 10.2 Å². The van der Waals surface area contributed by atoms with Crippen LogP contribution in [-0.4, -0.2) is 22.7 Å². The molecule has 0 spiro atoms. The first-order chi connectivity index (χ1) is 6.18. The summed E-state index contributed by atoms with van der Waals surface area (Å²) in [5.74, 6) is 0.322. The van der Waals surface area contributed by atoms with Gasteiger partial charge in [-0.25, -0.2) is 0 Å². The van der Waals surface area contributed by atoms with Crippen LogP contribution < -0.4 is 11.2 Å². The lowest BCUT2D eigenvalue weighted by Gasteiger charge is -1.99. The largest absolute Gasteiger partial charge is 0.424 e. The quantitative estimate of drug-likeness (QED) is 0.446. The maximum absolute atomic E-state index is 10.2. The van der Waals surface area contributed by atoms with Crippen LogP contribution in [0.3, 0.4) is 0 Å². The molecule has 7 nitrogen and oxygen atoms in total. The molecule has 0 atom stereocenters. The molecule has 1 aromatic heterocycles. The van der Waals surface area contributed by atoms with Crippen LogP contribution in [-0.2, 0) is 16.2 Å². The van der Waals surface area contributed by atoms with Gasteiger partial charge in [-0.15, -0.1) is 10.2 Å². The van der Waals surface area contributed by atoms with E-state index in [0.717, 1.165) is 0 Å². The molecular weight excluding hydrogens is 176 g/mol. The van der Waals surface area contributed by atoms with E-state index in [2.05, 4.69) is 20.5 Å². The number of carbonyl (C=O) groups is 1. The number of nitrogens with one attached hydrogen (secondary N) is 1. The highest BCUT2D eigenvalue weighted by Gasteiger charge is 2.01. The van der Waals surface area contributed by atoms with Crippen molar-refractivity contribution >= 4 is 5.91 Å². The minimum Gasteiger partial charge on any atom is -0.424 e. The zero-order valence-corrected chi connectivity index (χ0v) is 7.11. The van der Waals surface area contributed by atoms with Crippen LogP contribution in [0.5, 0.6) is 0 Å². The summed E-state index contributed by atoms with van der Waals surface area (Å²) < 4.78 is 5.01. The van der Waals surface area contributed by atoms with Crippen molar-refractivity contribution in [2.45, 2.75) is 13.5 Å². The van der Waals surface area contributed by atoms with E-state index in [1.165, 1.54) is 0 Å². The number of nitrogens with zero attached hydrogens (tertiary/aromatic N) is 2. The molecule has 0 aliphatic rings. The number of hydrogen-bond donors (Lipinski definition) is 2. The van der Waals surface area contributed by atoms with Gasteiger partial charge in [0.05, 0.1) is 6.54 Å². The van der Waals surface area contributed by atoms with Crippen molar-refractivity contribution in [3.05, 3.63) is 11.8 Å². The lowest BCUT2D eigenvalue weighted by atomic mass is 10.7. The summed E-state index contributed by atoms with van der Waals surface area (Å²) >= 11 is 0. The smallest absolute Gasteiger partial charge is 0.245 e. The van der Waals surface area contributed by atoms with E-state index in [1.54, 1.807) is 6.92 Å². The number of carbonyl (C=O) groups excluding carboxylic acids is 1. The summed E-state index contributed by atoms with van der Waals surface area (Å²) in [4.78, 5) is 14.9. The Labute approximate surface area is 74.2 Å². The third-order valence-electron chi connectivity index (χ3n) is 1.11. The Morgan fingerprint density at radius 1 is 1.69 bits per heavy atom. The average molecular weight is 186 g/mol. The molecule has 1 amide bonds. The Morgan fingerprint density at radius 2 is 2.46 bits per heavy atom. The Hall–Kier alpha value is -1.47. The van der Waals surface area contributed by atoms with E-state index >= 15 is 0 Å². The predicted molar refractivity (Wildman–Crippen MR) is 41.0 cm³/mol. The fraction of sp³-hybridized carbons (Fsp3) is 0.500. The van der Waals surface area contributed by atoms with Crippen LogP contribution in [0.4, 0.5) is 0 Å². The van der Waals surface area contributed by atoms with Gasteiger partial charge >= 0.3 is 0 Å². The highest BCUT2D eigenvalue weighted by Crippen LogP contribution is 1.95. The van der Waals surface area contributed by atoms with Crippen molar-refractivity contribution in [3.8, 4) is 0 Å². The first kappa shape index (κ1) is 9.62. The lowest BCUT2D eigenvalue weighted by Crippen LogP contribution is -2.24. The summed E-state index contributed by atoms with van der Waals surface area (Å²) in [5, 5.41) is 7.28. The fourth-order valence-electron chi connectivity index (χ4n) is 0.644. The number of rotatable bonds is 5. The lowest BCUT2D eigenvalue weighted by molar-refractivity contribution is -0.125. The molecule has 7 heteroatoms. The first-order valence-electron chi connectivity index (χ1n) is 3.60. The van der Waals surface area contributed by atoms with Crippen LogP contribution in [0.15, 0.2) is 4.42 Å². The van der Waals surface area contributed by atoms with Gasteiger partial charge in [0.15, 0.2) is 0 Å². The third-order valence-corrected chi connectivity index (χ3v) is 1.11. The zero-order chi connectivity index (χ0) is 9.68. The van der Waals surface area contributed by atoms with Gasteiger partial charge in [-0.2, -0.15) is 5.48 Å². The van der Waals surface area contributed by atoms with Crippen molar-refractivity contribution in [3.63, 3.8) is 0 Å². The Bertz CT molecular complexity index is 285. The van der Waals surface area contributed by atoms with Gasteiger partial charge < -0.3 is 10.2 Å². The van der Waals surface area contributed by atoms with Gasteiger partial charge in [0.2, 0.25) is 17.7 Å². The number of hydroxylamine groups is 1. The predicted octanol–water partition coefficient (Wildman–Crippen LogP) is -1.12. The van der Waals surface area contributed by atoms with Crippen molar-refractivity contribution < 1.29 is 14.0 Å². The van der Waals surface area contributed by atoms with Gasteiger partial charge in [-0.1, -0.05) is 0 Å². The molecule has 0 bridgehead atoms. The highest BCUT2D eigenvalue weighted by molar-refractivity contribution is 5.74. The van der Waals surface area contributed by atoms with Gasteiger partial charge in [-0.05, 0) is 0 Å². The van der Waals surface area contributed by atoms with E-state index in [0.29, 0.717) is 11.8 Å². The minimum absolute atomic E-state index is 0.187. The SMILES string of the molecule is Cc1nnc(CNOCC(N)=O)o1. The molecule has 1 aromatic rings. The fourth-order valence-corrected chi connectivity index (χ4v) is 0.644. The van der Waals surface area contributed by atoms with Gasteiger partial charge in [-0.3, -0.25) is 9.63 Å². The van der Waals surface area contributed by atoms with Crippen molar-refractivity contribution in [1.29, 1.82) is 0 Å². The molecule has 0 unspecified atom stereocenters. The molecule has 0 aliphatic heterocycles. The van der Waals surface area contributed by atoms with E-state index in [-0.39, 0.29) is 13.2 Å². The molecule has 72 valence electrons. The Balaban J connectivity index is 2.16. The maximum Gasteiger partial charge on any atom is 0.245 e. The third kappa shape index (κ3) is 3.63. The second-order valence-electron chi connectivity index (χ2n) is 2.29. The number of primary amides is 1. The highest BCUT2D eigenvalue weighted by atomic mass is 16.6. The summed E-state index contributed by atoms with van der Waals surface area (Å²) in [6.45, 7) is 1.74. The van der Waals surface area contributed by atoms with Gasteiger partial charge in [0, 0.05) is 6.92 Å². The Kier molecular flexibility index (Phi) is 3.35. The molecule has 0 aromatic carbocycles. The standard InChI is InChI=1S/C6H10N4O3/c1-4-9-10-6(13-4)2-8-12-3-5(7)11/h8H,2-3H2,1H3,(H2,7,11). The summed E-state index contributed by atoms with van der Waals surface area (Å²) in [6, 6.07) is 0. The zero-order valence-electron chi connectivity index (χ0n) is 7.11. The monoisotopic (exact) mass is 186 g/mol. The average Bonchev–Trinajstić information content (AvgIpc) is 2.45. The van der Waals surface area contributed by atoms with Crippen molar-refractivity contribution in [1.82, 2.24) is 15.7 Å². The molecule has 0 aliphatic carbocycles. The summed E-state index contributed by atoms with van der Waals surface area (Å²) in [7, 11) is 0. The second kappa shape index (κ2) is 4.53. The molecule has 0 saturated heterocycles. The minimum atomic E-state index is -0.547. The maximum atomic E-state index is 10.2. The van der Waals surface area contributed by atoms with Crippen molar-refractivity contribution in [2.24, 2.45) is 5.73 Å². The first-order valence-corrected chi connectivity index (χ1v) is 3.60. The normalized spacial score (nSPS) is 10.2. The van der Waals surface area contributed by atoms with E-state index < -0.39 is 5.91 Å². The van der Waals surface area contributed by atoms with Crippen molar-refractivity contribution in [2.75, 3.05) is 6.61 Å². The van der Waals surface area contributed by atoms with Gasteiger partial charge in [0.1, 0.15) is 6.61 Å². The molecule has 0 fully saturated rings. The second-order valence-corrected chi connectivity index (χ2v) is 2.29. The van der Waals surface area contributed by atoms with Crippen LogP contribution in [0.1, 0.15) is 11.8 Å². The molecule has 3 N–H and O–H groups in total. The molecular formula is C6H10N4O3. The summed E-state index contributed by atoms with van der Waals surface area (Å²) in [5.41, 5.74) is 7.27. The van der Waals surface area contributed by atoms with Crippen LogP contribution >= 0.6 is 0 Å². The van der Waals surface area contributed by atoms with Crippen LogP contribution in [0, 0.1) is 6.92 Å².